The number of hydrogen-bond acceptors (Lipinski definition) is 3. The van der Waals surface area contributed by atoms with Gasteiger partial charge in [0.1, 0.15) is 0 Å². The lowest BCUT2D eigenvalue weighted by molar-refractivity contribution is -0.113. The van der Waals surface area contributed by atoms with Crippen molar-refractivity contribution in [2.24, 2.45) is 0 Å². The van der Waals surface area contributed by atoms with Crippen LogP contribution in [0.15, 0.2) is 23.8 Å². The van der Waals surface area contributed by atoms with E-state index in [-0.39, 0.29) is 17.3 Å². The summed E-state index contributed by atoms with van der Waals surface area (Å²) in [6, 6.07) is 4.41. The molecule has 0 bridgehead atoms. The molecule has 0 saturated carbocycles. The Kier molecular flexibility index (Phi) is 2.92. The Labute approximate surface area is 82.3 Å². The predicted octanol–water partition coefficient (Wildman–Crippen LogP) is 2.09. The molecule has 14 heavy (non-hydrogen) atoms. The molecule has 1 rings (SSSR count). The minimum Gasteiger partial charge on any atom is -0.504 e. The first-order valence-corrected chi connectivity index (χ1v) is 4.22. The van der Waals surface area contributed by atoms with E-state index in [1.807, 2.05) is 0 Å². The molecule has 74 valence electrons. The maximum atomic E-state index is 10.9. The Morgan fingerprint density at radius 2 is 1.86 bits per heavy atom. The van der Waals surface area contributed by atoms with Crippen molar-refractivity contribution >= 4 is 11.9 Å². The van der Waals surface area contributed by atoms with Gasteiger partial charge in [-0.2, -0.15) is 0 Å². The minimum absolute atomic E-state index is 0.0161. The summed E-state index contributed by atoms with van der Waals surface area (Å²) in [5, 5.41) is 18.2. The molecule has 1 aromatic rings. The van der Waals surface area contributed by atoms with Crippen LogP contribution in [0.3, 0.4) is 0 Å². The molecule has 0 radical (unpaired) electrons. The van der Waals surface area contributed by atoms with Crippen molar-refractivity contribution in [2.45, 2.75) is 13.8 Å². The summed E-state index contributed by atoms with van der Waals surface area (Å²) >= 11 is 0. The number of rotatable bonds is 2. The molecule has 0 fully saturated rings. The number of carbonyl (C=O) groups excluding carboxylic acids is 1. The fraction of sp³-hybridized carbons (Fsp3) is 0.182. The summed E-state index contributed by atoms with van der Waals surface area (Å²) in [7, 11) is 0. The topological polar surface area (TPSA) is 57.5 Å². The van der Waals surface area contributed by atoms with Crippen molar-refractivity contribution in [3.63, 3.8) is 0 Å². The van der Waals surface area contributed by atoms with Gasteiger partial charge in [0.25, 0.3) is 0 Å². The zero-order valence-electron chi connectivity index (χ0n) is 8.11. The fourth-order valence-electron chi connectivity index (χ4n) is 0.982. The molecular formula is C11H12O3. The van der Waals surface area contributed by atoms with Gasteiger partial charge in [0.15, 0.2) is 17.3 Å². The molecule has 0 amide bonds. The Hall–Kier alpha value is -1.77. The van der Waals surface area contributed by atoms with Crippen molar-refractivity contribution < 1.29 is 15.0 Å². The molecule has 0 saturated heterocycles. The van der Waals surface area contributed by atoms with Gasteiger partial charge < -0.3 is 10.2 Å². The van der Waals surface area contributed by atoms with E-state index < -0.39 is 0 Å². The summed E-state index contributed by atoms with van der Waals surface area (Å²) < 4.78 is 0. The van der Waals surface area contributed by atoms with Crippen molar-refractivity contribution in [3.8, 4) is 11.5 Å². The third-order valence-electron chi connectivity index (χ3n) is 1.94. The number of allylic oxidation sites excluding steroid dienone is 1. The smallest absolute Gasteiger partial charge is 0.157 e. The molecule has 0 aliphatic carbocycles. The van der Waals surface area contributed by atoms with Gasteiger partial charge in [0, 0.05) is 0 Å². The SMILES string of the molecule is CC(=O)C(C)=Cc1ccc(O)c(O)c1. The molecule has 0 aromatic heterocycles. The first-order chi connectivity index (χ1) is 6.50. The Bertz CT molecular complexity index is 392. The van der Waals surface area contributed by atoms with E-state index in [0.717, 1.165) is 0 Å². The lowest BCUT2D eigenvalue weighted by Crippen LogP contribution is -1.90. The summed E-state index contributed by atoms with van der Waals surface area (Å²) in [6.07, 6.45) is 1.65. The molecule has 0 aliphatic heterocycles. The Morgan fingerprint density at radius 3 is 2.36 bits per heavy atom. The first kappa shape index (κ1) is 10.3. The van der Waals surface area contributed by atoms with Gasteiger partial charge >= 0.3 is 0 Å². The third kappa shape index (κ3) is 2.36. The van der Waals surface area contributed by atoms with Gasteiger partial charge in [-0.1, -0.05) is 6.07 Å². The Morgan fingerprint density at radius 1 is 1.21 bits per heavy atom. The molecular weight excluding hydrogens is 180 g/mol. The highest BCUT2D eigenvalue weighted by atomic mass is 16.3. The van der Waals surface area contributed by atoms with Crippen LogP contribution in [0.5, 0.6) is 11.5 Å². The van der Waals surface area contributed by atoms with Gasteiger partial charge in [-0.25, -0.2) is 0 Å². The number of hydrogen-bond donors (Lipinski definition) is 2. The van der Waals surface area contributed by atoms with E-state index in [4.69, 9.17) is 5.11 Å². The van der Waals surface area contributed by atoms with Gasteiger partial charge in [-0.15, -0.1) is 0 Å². The first-order valence-electron chi connectivity index (χ1n) is 4.22. The third-order valence-corrected chi connectivity index (χ3v) is 1.94. The van der Waals surface area contributed by atoms with E-state index in [1.165, 1.54) is 19.1 Å². The van der Waals surface area contributed by atoms with Gasteiger partial charge in [-0.3, -0.25) is 4.79 Å². The van der Waals surface area contributed by atoms with Crippen LogP contribution in [0.1, 0.15) is 19.4 Å². The second-order valence-corrected chi connectivity index (χ2v) is 3.13. The normalized spacial score (nSPS) is 11.4. The molecule has 0 aliphatic rings. The number of carbonyl (C=O) groups is 1. The minimum atomic E-state index is -0.185. The summed E-state index contributed by atoms with van der Waals surface area (Å²) in [6.45, 7) is 3.18. The lowest BCUT2D eigenvalue weighted by atomic mass is 10.1. The number of Topliss-reactive ketones (excluding diaryl/α,β-unsaturated/α-hetero) is 1. The summed E-state index contributed by atoms with van der Waals surface area (Å²) in [4.78, 5) is 10.9. The van der Waals surface area contributed by atoms with E-state index >= 15 is 0 Å². The van der Waals surface area contributed by atoms with Crippen molar-refractivity contribution in [1.29, 1.82) is 0 Å². The number of aromatic hydroxyl groups is 2. The summed E-state index contributed by atoms with van der Waals surface area (Å²) in [5.41, 5.74) is 1.29. The molecule has 0 spiro atoms. The van der Waals surface area contributed by atoms with Crippen molar-refractivity contribution in [1.82, 2.24) is 0 Å². The molecule has 0 atom stereocenters. The van der Waals surface area contributed by atoms with Crippen LogP contribution in [0.25, 0.3) is 6.08 Å². The van der Waals surface area contributed by atoms with Gasteiger partial charge in [-0.05, 0) is 43.2 Å². The van der Waals surface area contributed by atoms with Gasteiger partial charge in [0.05, 0.1) is 0 Å². The highest BCUT2D eigenvalue weighted by Crippen LogP contribution is 2.25. The second kappa shape index (κ2) is 3.96. The van der Waals surface area contributed by atoms with Crippen LogP contribution in [0.2, 0.25) is 0 Å². The van der Waals surface area contributed by atoms with E-state index in [1.54, 1.807) is 19.1 Å². The molecule has 0 heterocycles. The second-order valence-electron chi connectivity index (χ2n) is 3.13. The quantitative estimate of drug-likeness (QED) is 0.557. The van der Waals surface area contributed by atoms with Crippen LogP contribution in [-0.4, -0.2) is 16.0 Å². The number of benzene rings is 1. The van der Waals surface area contributed by atoms with Crippen LogP contribution in [0, 0.1) is 0 Å². The monoisotopic (exact) mass is 192 g/mol. The molecule has 2 N–H and O–H groups in total. The zero-order valence-corrected chi connectivity index (χ0v) is 8.11. The number of phenolic OH excluding ortho intramolecular Hbond substituents is 2. The highest BCUT2D eigenvalue weighted by Gasteiger charge is 2.00. The number of ketones is 1. The van der Waals surface area contributed by atoms with Gasteiger partial charge in [0.2, 0.25) is 0 Å². The highest BCUT2D eigenvalue weighted by molar-refractivity contribution is 5.97. The van der Waals surface area contributed by atoms with Crippen LogP contribution >= 0.6 is 0 Å². The van der Waals surface area contributed by atoms with Crippen LogP contribution in [0.4, 0.5) is 0 Å². The molecule has 3 nitrogen and oxygen atoms in total. The maximum Gasteiger partial charge on any atom is 0.157 e. The number of phenols is 2. The van der Waals surface area contributed by atoms with E-state index in [2.05, 4.69) is 0 Å². The molecule has 3 heteroatoms. The standard InChI is InChI=1S/C11H12O3/c1-7(8(2)12)5-9-3-4-10(13)11(14)6-9/h3-6,13-14H,1-2H3. The average molecular weight is 192 g/mol. The zero-order chi connectivity index (χ0) is 10.7. The van der Waals surface area contributed by atoms with E-state index in [9.17, 15) is 9.90 Å². The van der Waals surface area contributed by atoms with E-state index in [0.29, 0.717) is 11.1 Å². The Balaban J connectivity index is 3.04. The summed E-state index contributed by atoms with van der Waals surface area (Å²) in [5.74, 6) is -0.365. The molecule has 0 unspecified atom stereocenters. The van der Waals surface area contributed by atoms with Crippen LogP contribution in [-0.2, 0) is 4.79 Å². The largest absolute Gasteiger partial charge is 0.504 e. The maximum absolute atomic E-state index is 10.9. The lowest BCUT2D eigenvalue weighted by Gasteiger charge is -1.99. The van der Waals surface area contributed by atoms with Crippen LogP contribution < -0.4 is 0 Å². The fourth-order valence-corrected chi connectivity index (χ4v) is 0.982. The molecule has 1 aromatic carbocycles. The predicted molar refractivity (Wildman–Crippen MR) is 54.1 cm³/mol. The average Bonchev–Trinajstić information content (AvgIpc) is 2.11. The van der Waals surface area contributed by atoms with Crippen molar-refractivity contribution in [2.75, 3.05) is 0 Å². The van der Waals surface area contributed by atoms with Crippen molar-refractivity contribution in [3.05, 3.63) is 29.3 Å².